The Morgan fingerprint density at radius 2 is 2.12 bits per heavy atom. The molecule has 94 valence electrons. The van der Waals surface area contributed by atoms with E-state index in [-0.39, 0.29) is 0 Å². The smallest absolute Gasteiger partial charge is 0.0640 e. The van der Waals surface area contributed by atoms with Crippen LogP contribution in [0.25, 0.3) is 0 Å². The molecule has 0 spiro atoms. The largest absolute Gasteiger partial charge is 0.314 e. The van der Waals surface area contributed by atoms with Crippen molar-refractivity contribution in [1.82, 2.24) is 10.2 Å². The minimum atomic E-state index is 0.304. The lowest BCUT2D eigenvalue weighted by Gasteiger charge is -2.41. The van der Waals surface area contributed by atoms with E-state index >= 15 is 0 Å². The number of rotatable bonds is 4. The molecule has 1 aliphatic rings. The maximum Gasteiger partial charge on any atom is 0.0640 e. The van der Waals surface area contributed by atoms with Crippen molar-refractivity contribution in [1.29, 1.82) is 0 Å². The van der Waals surface area contributed by atoms with Gasteiger partial charge in [-0.2, -0.15) is 0 Å². The average molecular weight is 273 g/mol. The third kappa shape index (κ3) is 2.60. The molecule has 0 aliphatic carbocycles. The molecule has 2 rings (SSSR count). The molecule has 1 fully saturated rings. The third-order valence-electron chi connectivity index (χ3n) is 3.52. The number of hydrogen-bond donors (Lipinski definition) is 1. The Morgan fingerprint density at radius 3 is 2.65 bits per heavy atom. The summed E-state index contributed by atoms with van der Waals surface area (Å²) in [6.07, 6.45) is 0. The minimum Gasteiger partial charge on any atom is -0.314 e. The molecule has 4 heteroatoms. The van der Waals surface area contributed by atoms with Crippen molar-refractivity contribution in [2.45, 2.75) is 25.9 Å². The quantitative estimate of drug-likeness (QED) is 0.905. The first-order chi connectivity index (χ1) is 8.15. The molecule has 1 aromatic rings. The van der Waals surface area contributed by atoms with Crippen molar-refractivity contribution >= 4 is 23.2 Å². The van der Waals surface area contributed by atoms with E-state index in [1.54, 1.807) is 0 Å². The van der Waals surface area contributed by atoms with Gasteiger partial charge in [-0.3, -0.25) is 4.90 Å². The molecule has 0 saturated carbocycles. The fourth-order valence-electron chi connectivity index (χ4n) is 2.38. The second-order valence-corrected chi connectivity index (χ2v) is 5.25. The van der Waals surface area contributed by atoms with Crippen LogP contribution in [-0.2, 0) is 0 Å². The fourth-order valence-corrected chi connectivity index (χ4v) is 2.84. The van der Waals surface area contributed by atoms with Gasteiger partial charge in [-0.05, 0) is 25.1 Å². The van der Waals surface area contributed by atoms with Crippen molar-refractivity contribution in [3.8, 4) is 0 Å². The van der Waals surface area contributed by atoms with Gasteiger partial charge in [-0.1, -0.05) is 42.3 Å². The first-order valence-corrected chi connectivity index (χ1v) is 6.81. The minimum absolute atomic E-state index is 0.304. The molecule has 0 amide bonds. The molecule has 17 heavy (non-hydrogen) atoms. The highest BCUT2D eigenvalue weighted by atomic mass is 35.5. The average Bonchev–Trinajstić information content (AvgIpc) is 2.26. The van der Waals surface area contributed by atoms with Crippen molar-refractivity contribution < 1.29 is 0 Å². The number of nitrogens with zero attached hydrogens (tertiary/aromatic N) is 1. The maximum absolute atomic E-state index is 6.28. The van der Waals surface area contributed by atoms with E-state index in [2.05, 4.69) is 30.1 Å². The van der Waals surface area contributed by atoms with Gasteiger partial charge in [0, 0.05) is 25.2 Å². The summed E-state index contributed by atoms with van der Waals surface area (Å²) in [7, 11) is 0. The van der Waals surface area contributed by atoms with Gasteiger partial charge in [0.2, 0.25) is 0 Å². The van der Waals surface area contributed by atoms with E-state index in [4.69, 9.17) is 23.2 Å². The van der Waals surface area contributed by atoms with Gasteiger partial charge in [0.25, 0.3) is 0 Å². The number of benzene rings is 1. The Labute approximate surface area is 113 Å². The fraction of sp³-hybridized carbons (Fsp3) is 0.538. The van der Waals surface area contributed by atoms with Crippen molar-refractivity contribution in [3.63, 3.8) is 0 Å². The molecule has 1 aromatic carbocycles. The van der Waals surface area contributed by atoms with E-state index in [9.17, 15) is 0 Å². The molecular formula is C13H18Cl2N2. The highest BCUT2D eigenvalue weighted by molar-refractivity contribution is 6.42. The molecule has 2 nitrogen and oxygen atoms in total. The Morgan fingerprint density at radius 1 is 1.41 bits per heavy atom. The molecule has 0 radical (unpaired) electrons. The lowest BCUT2D eigenvalue weighted by Crippen LogP contribution is -2.57. The zero-order valence-corrected chi connectivity index (χ0v) is 11.7. The number of halogens is 2. The van der Waals surface area contributed by atoms with E-state index in [0.717, 1.165) is 25.2 Å². The molecule has 0 aromatic heterocycles. The van der Waals surface area contributed by atoms with E-state index in [1.807, 2.05) is 12.1 Å². The second kappa shape index (κ2) is 5.57. The Kier molecular flexibility index (Phi) is 4.31. The first kappa shape index (κ1) is 13.2. The summed E-state index contributed by atoms with van der Waals surface area (Å²) in [5, 5.41) is 4.63. The summed E-state index contributed by atoms with van der Waals surface area (Å²) in [6.45, 7) is 7.54. The van der Waals surface area contributed by atoms with Crippen LogP contribution in [0.15, 0.2) is 18.2 Å². The van der Waals surface area contributed by atoms with Gasteiger partial charge in [-0.15, -0.1) is 0 Å². The van der Waals surface area contributed by atoms with Crippen LogP contribution in [0, 0.1) is 0 Å². The molecule has 1 atom stereocenters. The number of likely N-dealkylation sites (N-methyl/N-ethyl adjacent to an activating group) is 1. The molecule has 1 unspecified atom stereocenters. The van der Waals surface area contributed by atoms with E-state index in [0.29, 0.717) is 22.1 Å². The van der Waals surface area contributed by atoms with Crippen LogP contribution in [0.2, 0.25) is 10.0 Å². The molecule has 1 N–H and O–H groups in total. The topological polar surface area (TPSA) is 15.3 Å². The predicted octanol–water partition coefficient (Wildman–Crippen LogP) is 3.35. The summed E-state index contributed by atoms with van der Waals surface area (Å²) in [5.41, 5.74) is 1.12. The van der Waals surface area contributed by atoms with E-state index in [1.165, 1.54) is 0 Å². The first-order valence-electron chi connectivity index (χ1n) is 6.05. The SMILES string of the molecule is CCN(C1CNC1)C(C)c1cccc(Cl)c1Cl. The molecule has 1 saturated heterocycles. The zero-order chi connectivity index (χ0) is 12.4. The van der Waals surface area contributed by atoms with Gasteiger partial charge in [0.1, 0.15) is 0 Å². The molecule has 1 heterocycles. The maximum atomic E-state index is 6.28. The van der Waals surface area contributed by atoms with Gasteiger partial charge in [0.05, 0.1) is 10.0 Å². The Balaban J connectivity index is 2.22. The van der Waals surface area contributed by atoms with Gasteiger partial charge >= 0.3 is 0 Å². The van der Waals surface area contributed by atoms with Crippen molar-refractivity contribution in [3.05, 3.63) is 33.8 Å². The van der Waals surface area contributed by atoms with Crippen LogP contribution < -0.4 is 5.32 Å². The molecule has 0 bridgehead atoms. The van der Waals surface area contributed by atoms with Crippen LogP contribution in [0.4, 0.5) is 0 Å². The van der Waals surface area contributed by atoms with Gasteiger partial charge in [-0.25, -0.2) is 0 Å². The van der Waals surface area contributed by atoms with Crippen LogP contribution in [0.3, 0.4) is 0 Å². The molecular weight excluding hydrogens is 255 g/mol. The number of hydrogen-bond acceptors (Lipinski definition) is 2. The normalized spacial score (nSPS) is 18.2. The summed E-state index contributed by atoms with van der Waals surface area (Å²) >= 11 is 12.4. The standard InChI is InChI=1S/C13H18Cl2N2/c1-3-17(10-7-16-8-10)9(2)11-5-4-6-12(14)13(11)15/h4-6,9-10,16H,3,7-8H2,1-2H3. The Bertz CT molecular complexity index is 391. The summed E-state index contributed by atoms with van der Waals surface area (Å²) in [4.78, 5) is 2.47. The monoisotopic (exact) mass is 272 g/mol. The lowest BCUT2D eigenvalue weighted by atomic mass is 10.0. The van der Waals surface area contributed by atoms with Crippen LogP contribution in [-0.4, -0.2) is 30.6 Å². The summed E-state index contributed by atoms with van der Waals surface area (Å²) < 4.78 is 0. The number of nitrogens with one attached hydrogen (secondary N) is 1. The van der Waals surface area contributed by atoms with Crippen LogP contribution in [0.5, 0.6) is 0 Å². The van der Waals surface area contributed by atoms with Gasteiger partial charge in [0.15, 0.2) is 0 Å². The second-order valence-electron chi connectivity index (χ2n) is 4.46. The highest BCUT2D eigenvalue weighted by Gasteiger charge is 2.28. The highest BCUT2D eigenvalue weighted by Crippen LogP contribution is 2.33. The van der Waals surface area contributed by atoms with Crippen molar-refractivity contribution in [2.75, 3.05) is 19.6 Å². The zero-order valence-electron chi connectivity index (χ0n) is 10.2. The summed E-state index contributed by atoms with van der Waals surface area (Å²) in [6, 6.07) is 6.78. The third-order valence-corrected chi connectivity index (χ3v) is 4.36. The van der Waals surface area contributed by atoms with Crippen LogP contribution >= 0.6 is 23.2 Å². The van der Waals surface area contributed by atoms with Crippen LogP contribution in [0.1, 0.15) is 25.5 Å². The van der Waals surface area contributed by atoms with Gasteiger partial charge < -0.3 is 5.32 Å². The molecule has 1 aliphatic heterocycles. The lowest BCUT2D eigenvalue weighted by molar-refractivity contribution is 0.110. The van der Waals surface area contributed by atoms with Crippen molar-refractivity contribution in [2.24, 2.45) is 0 Å². The van der Waals surface area contributed by atoms with E-state index < -0.39 is 0 Å². The summed E-state index contributed by atoms with van der Waals surface area (Å²) in [5.74, 6) is 0. The Hall–Kier alpha value is -0.280. The predicted molar refractivity (Wildman–Crippen MR) is 73.9 cm³/mol.